The summed E-state index contributed by atoms with van der Waals surface area (Å²) in [5.41, 5.74) is 1.00. The van der Waals surface area contributed by atoms with E-state index in [2.05, 4.69) is 15.2 Å². The lowest BCUT2D eigenvalue weighted by molar-refractivity contribution is -0.128. The minimum atomic E-state index is -0.969. The average Bonchev–Trinajstić information content (AvgIpc) is 2.46. The van der Waals surface area contributed by atoms with E-state index in [1.54, 1.807) is 6.20 Å². The van der Waals surface area contributed by atoms with Gasteiger partial charge in [-0.15, -0.1) is 0 Å². The van der Waals surface area contributed by atoms with Crippen molar-refractivity contribution in [1.82, 2.24) is 10.3 Å². The zero-order chi connectivity index (χ0) is 13.7. The SMILES string of the molecule is CC(O)C(=O)NCc1ccnc(N2CCCCC2)c1. The smallest absolute Gasteiger partial charge is 0.248 e. The van der Waals surface area contributed by atoms with Crippen molar-refractivity contribution in [3.63, 3.8) is 0 Å². The van der Waals surface area contributed by atoms with E-state index >= 15 is 0 Å². The summed E-state index contributed by atoms with van der Waals surface area (Å²) in [5, 5.41) is 11.8. The first-order valence-corrected chi connectivity index (χ1v) is 6.82. The molecule has 0 aromatic carbocycles. The number of piperidine rings is 1. The van der Waals surface area contributed by atoms with Gasteiger partial charge >= 0.3 is 0 Å². The second-order valence-electron chi connectivity index (χ2n) is 4.96. The lowest BCUT2D eigenvalue weighted by atomic mass is 10.1. The molecule has 2 heterocycles. The number of pyridine rings is 1. The molecule has 1 aromatic heterocycles. The van der Waals surface area contributed by atoms with Crippen molar-refractivity contribution in [2.75, 3.05) is 18.0 Å². The molecule has 1 aliphatic heterocycles. The first-order chi connectivity index (χ1) is 9.16. The van der Waals surface area contributed by atoms with Crippen molar-refractivity contribution in [3.05, 3.63) is 23.9 Å². The molecule has 0 aliphatic carbocycles. The molecule has 1 saturated heterocycles. The molecule has 104 valence electrons. The molecule has 1 aliphatic rings. The summed E-state index contributed by atoms with van der Waals surface area (Å²) >= 11 is 0. The van der Waals surface area contributed by atoms with Crippen molar-refractivity contribution < 1.29 is 9.90 Å². The Kier molecular flexibility index (Phi) is 4.74. The van der Waals surface area contributed by atoms with Crippen molar-refractivity contribution in [2.45, 2.75) is 38.8 Å². The van der Waals surface area contributed by atoms with Gasteiger partial charge in [-0.3, -0.25) is 4.79 Å². The van der Waals surface area contributed by atoms with Crippen LogP contribution in [0.3, 0.4) is 0 Å². The molecule has 1 aromatic rings. The number of aliphatic hydroxyl groups excluding tert-OH is 1. The van der Waals surface area contributed by atoms with E-state index in [-0.39, 0.29) is 5.91 Å². The van der Waals surface area contributed by atoms with Crippen LogP contribution in [0.1, 0.15) is 31.7 Å². The summed E-state index contributed by atoms with van der Waals surface area (Å²) in [6.07, 6.45) is 4.52. The molecule has 1 amide bonds. The Bertz CT molecular complexity index is 428. The fourth-order valence-electron chi connectivity index (χ4n) is 2.20. The Morgan fingerprint density at radius 1 is 1.47 bits per heavy atom. The van der Waals surface area contributed by atoms with Crippen LogP contribution in [0.4, 0.5) is 5.82 Å². The highest BCUT2D eigenvalue weighted by atomic mass is 16.3. The molecule has 0 spiro atoms. The standard InChI is InChI=1S/C14H21N3O2/c1-11(18)14(19)16-10-12-5-6-15-13(9-12)17-7-3-2-4-8-17/h5-6,9,11,18H,2-4,7-8,10H2,1H3,(H,16,19). The summed E-state index contributed by atoms with van der Waals surface area (Å²) in [7, 11) is 0. The number of rotatable bonds is 4. The van der Waals surface area contributed by atoms with Crippen LogP contribution in [0.25, 0.3) is 0 Å². The molecule has 0 radical (unpaired) electrons. The highest BCUT2D eigenvalue weighted by molar-refractivity contribution is 5.79. The van der Waals surface area contributed by atoms with Crippen LogP contribution in [-0.2, 0) is 11.3 Å². The van der Waals surface area contributed by atoms with E-state index in [4.69, 9.17) is 5.11 Å². The largest absolute Gasteiger partial charge is 0.384 e. The number of nitrogens with one attached hydrogen (secondary N) is 1. The Labute approximate surface area is 113 Å². The van der Waals surface area contributed by atoms with Crippen LogP contribution < -0.4 is 10.2 Å². The Morgan fingerprint density at radius 3 is 2.89 bits per heavy atom. The molecule has 1 atom stereocenters. The van der Waals surface area contributed by atoms with E-state index in [1.807, 2.05) is 12.1 Å². The third kappa shape index (κ3) is 3.92. The Hall–Kier alpha value is -1.62. The number of amides is 1. The van der Waals surface area contributed by atoms with Crippen LogP contribution in [0.2, 0.25) is 0 Å². The second kappa shape index (κ2) is 6.52. The maximum absolute atomic E-state index is 11.3. The van der Waals surface area contributed by atoms with Gasteiger partial charge in [0.1, 0.15) is 11.9 Å². The average molecular weight is 263 g/mol. The minimum absolute atomic E-state index is 0.351. The van der Waals surface area contributed by atoms with Crippen molar-refractivity contribution in [3.8, 4) is 0 Å². The molecular weight excluding hydrogens is 242 g/mol. The maximum atomic E-state index is 11.3. The number of hydrogen-bond donors (Lipinski definition) is 2. The lowest BCUT2D eigenvalue weighted by Crippen LogP contribution is -2.32. The van der Waals surface area contributed by atoms with Gasteiger partial charge in [-0.1, -0.05) is 0 Å². The first-order valence-electron chi connectivity index (χ1n) is 6.82. The van der Waals surface area contributed by atoms with Gasteiger partial charge in [0.05, 0.1) is 0 Å². The van der Waals surface area contributed by atoms with Gasteiger partial charge in [-0.05, 0) is 43.9 Å². The number of aliphatic hydroxyl groups is 1. The predicted octanol–water partition coefficient (Wildman–Crippen LogP) is 1.07. The summed E-state index contributed by atoms with van der Waals surface area (Å²) in [4.78, 5) is 18.0. The third-order valence-corrected chi connectivity index (χ3v) is 3.34. The molecule has 19 heavy (non-hydrogen) atoms. The molecule has 1 unspecified atom stereocenters. The van der Waals surface area contributed by atoms with E-state index in [0.29, 0.717) is 6.54 Å². The van der Waals surface area contributed by atoms with Crippen molar-refractivity contribution >= 4 is 11.7 Å². The predicted molar refractivity (Wildman–Crippen MR) is 73.8 cm³/mol. The third-order valence-electron chi connectivity index (χ3n) is 3.34. The number of aromatic nitrogens is 1. The number of anilines is 1. The molecule has 5 nitrogen and oxygen atoms in total. The minimum Gasteiger partial charge on any atom is -0.384 e. The van der Waals surface area contributed by atoms with Gasteiger partial charge in [0.2, 0.25) is 5.91 Å². The van der Waals surface area contributed by atoms with Crippen LogP contribution in [-0.4, -0.2) is 35.2 Å². The summed E-state index contributed by atoms with van der Waals surface area (Å²) in [6, 6.07) is 3.89. The van der Waals surface area contributed by atoms with E-state index in [9.17, 15) is 4.79 Å². The normalized spacial score (nSPS) is 17.1. The van der Waals surface area contributed by atoms with Gasteiger partial charge in [0.25, 0.3) is 0 Å². The van der Waals surface area contributed by atoms with E-state index in [0.717, 1.165) is 24.5 Å². The highest BCUT2D eigenvalue weighted by Crippen LogP contribution is 2.18. The molecular formula is C14H21N3O2. The lowest BCUT2D eigenvalue weighted by Gasteiger charge is -2.27. The summed E-state index contributed by atoms with van der Waals surface area (Å²) < 4.78 is 0. The van der Waals surface area contributed by atoms with Gasteiger partial charge < -0.3 is 15.3 Å². The monoisotopic (exact) mass is 263 g/mol. The van der Waals surface area contributed by atoms with Crippen molar-refractivity contribution in [2.24, 2.45) is 0 Å². The summed E-state index contributed by atoms with van der Waals surface area (Å²) in [5.74, 6) is 0.625. The maximum Gasteiger partial charge on any atom is 0.248 e. The number of carbonyl (C=O) groups is 1. The van der Waals surface area contributed by atoms with Crippen LogP contribution in [0.15, 0.2) is 18.3 Å². The van der Waals surface area contributed by atoms with Gasteiger partial charge in [-0.25, -0.2) is 4.98 Å². The first kappa shape index (κ1) is 13.8. The zero-order valence-corrected chi connectivity index (χ0v) is 11.3. The number of nitrogens with zero attached hydrogens (tertiary/aromatic N) is 2. The quantitative estimate of drug-likeness (QED) is 0.853. The second-order valence-corrected chi connectivity index (χ2v) is 4.96. The van der Waals surface area contributed by atoms with Crippen LogP contribution in [0, 0.1) is 0 Å². The molecule has 0 bridgehead atoms. The van der Waals surface area contributed by atoms with Crippen LogP contribution in [0.5, 0.6) is 0 Å². The molecule has 1 fully saturated rings. The molecule has 0 saturated carbocycles. The van der Waals surface area contributed by atoms with Gasteiger partial charge in [-0.2, -0.15) is 0 Å². The fourth-order valence-corrected chi connectivity index (χ4v) is 2.20. The topological polar surface area (TPSA) is 65.5 Å². The zero-order valence-electron chi connectivity index (χ0n) is 11.3. The van der Waals surface area contributed by atoms with Gasteiger partial charge in [0, 0.05) is 25.8 Å². The van der Waals surface area contributed by atoms with Gasteiger partial charge in [0.15, 0.2) is 0 Å². The molecule has 2 rings (SSSR count). The van der Waals surface area contributed by atoms with E-state index < -0.39 is 6.10 Å². The Morgan fingerprint density at radius 2 is 2.21 bits per heavy atom. The molecule has 2 N–H and O–H groups in total. The van der Waals surface area contributed by atoms with E-state index in [1.165, 1.54) is 26.2 Å². The van der Waals surface area contributed by atoms with Crippen molar-refractivity contribution in [1.29, 1.82) is 0 Å². The number of carbonyl (C=O) groups excluding carboxylic acids is 1. The highest BCUT2D eigenvalue weighted by Gasteiger charge is 2.13. The summed E-state index contributed by atoms with van der Waals surface area (Å²) in [6.45, 7) is 3.99. The number of hydrogen-bond acceptors (Lipinski definition) is 4. The fraction of sp³-hybridized carbons (Fsp3) is 0.571. The Balaban J connectivity index is 1.96. The molecule has 5 heteroatoms. The van der Waals surface area contributed by atoms with Crippen LogP contribution >= 0.6 is 0 Å².